The number of hydrogen-bond donors (Lipinski definition) is 2. The number of hydrogen-bond acceptors (Lipinski definition) is 4. The summed E-state index contributed by atoms with van der Waals surface area (Å²) in [5.74, 6) is 0.605. The molecule has 2 aromatic rings. The first-order valence-electron chi connectivity index (χ1n) is 4.92. The van der Waals surface area contributed by atoms with Crippen LogP contribution < -0.4 is 5.32 Å². The molecule has 5 heteroatoms. The van der Waals surface area contributed by atoms with Gasteiger partial charge in [-0.25, -0.2) is 4.98 Å². The molecule has 0 radical (unpaired) electrons. The van der Waals surface area contributed by atoms with Crippen LogP contribution in [0, 0.1) is 16.7 Å². The highest BCUT2D eigenvalue weighted by molar-refractivity contribution is 6.07. The molecule has 17 heavy (non-hydrogen) atoms. The standard InChI is InChI=1S/C12H9N5/c13-7-9-3-1-2-4-10(9)12(14)17-11-8-15-5-6-16-11/h1-6,8H,(H2,14,16,17). The average molecular weight is 223 g/mol. The maximum Gasteiger partial charge on any atom is 0.150 e. The Morgan fingerprint density at radius 2 is 2.12 bits per heavy atom. The van der Waals surface area contributed by atoms with Gasteiger partial charge in [-0.1, -0.05) is 12.1 Å². The van der Waals surface area contributed by atoms with Crippen LogP contribution in [0.3, 0.4) is 0 Å². The zero-order valence-electron chi connectivity index (χ0n) is 8.88. The molecule has 0 spiro atoms. The van der Waals surface area contributed by atoms with E-state index in [1.807, 2.05) is 6.07 Å². The highest BCUT2D eigenvalue weighted by atomic mass is 15.0. The third-order valence-electron chi connectivity index (χ3n) is 2.13. The molecule has 0 bridgehead atoms. The smallest absolute Gasteiger partial charge is 0.150 e. The molecule has 2 rings (SSSR count). The summed E-state index contributed by atoms with van der Waals surface area (Å²) in [6.45, 7) is 0. The number of amidine groups is 1. The van der Waals surface area contributed by atoms with E-state index in [0.29, 0.717) is 16.9 Å². The minimum absolute atomic E-state index is 0.127. The molecule has 0 fully saturated rings. The van der Waals surface area contributed by atoms with Crippen molar-refractivity contribution in [3.05, 3.63) is 54.0 Å². The summed E-state index contributed by atoms with van der Waals surface area (Å²) < 4.78 is 0. The number of rotatable bonds is 2. The van der Waals surface area contributed by atoms with Crippen molar-refractivity contribution >= 4 is 11.7 Å². The van der Waals surface area contributed by atoms with Gasteiger partial charge in [0.25, 0.3) is 0 Å². The van der Waals surface area contributed by atoms with Crippen LogP contribution in [0.1, 0.15) is 11.1 Å². The molecule has 0 saturated heterocycles. The first-order chi connectivity index (χ1) is 8.31. The number of nitrogens with one attached hydrogen (secondary N) is 2. The fraction of sp³-hybridized carbons (Fsp3) is 0. The summed E-state index contributed by atoms with van der Waals surface area (Å²) in [5.41, 5.74) is 0.995. The van der Waals surface area contributed by atoms with E-state index in [4.69, 9.17) is 10.7 Å². The molecule has 82 valence electrons. The van der Waals surface area contributed by atoms with Gasteiger partial charge in [0.2, 0.25) is 0 Å². The van der Waals surface area contributed by atoms with Gasteiger partial charge in [-0.3, -0.25) is 10.4 Å². The number of anilines is 1. The minimum Gasteiger partial charge on any atom is -0.324 e. The van der Waals surface area contributed by atoms with E-state index < -0.39 is 0 Å². The Balaban J connectivity index is 2.24. The van der Waals surface area contributed by atoms with Gasteiger partial charge in [0, 0.05) is 18.0 Å². The fourth-order valence-electron chi connectivity index (χ4n) is 1.36. The second-order valence-corrected chi connectivity index (χ2v) is 3.25. The summed E-state index contributed by atoms with van der Waals surface area (Å²) in [6.07, 6.45) is 4.60. The molecule has 0 atom stereocenters. The lowest BCUT2D eigenvalue weighted by Gasteiger charge is -2.07. The molecule has 0 aliphatic rings. The van der Waals surface area contributed by atoms with Crippen molar-refractivity contribution in [2.75, 3.05) is 5.32 Å². The van der Waals surface area contributed by atoms with Crippen LogP contribution in [0.15, 0.2) is 42.9 Å². The predicted molar refractivity (Wildman–Crippen MR) is 63.6 cm³/mol. The van der Waals surface area contributed by atoms with Crippen LogP contribution in [-0.2, 0) is 0 Å². The summed E-state index contributed by atoms with van der Waals surface area (Å²) in [6, 6.07) is 8.97. The molecule has 0 aliphatic carbocycles. The number of aromatic nitrogens is 2. The molecule has 0 saturated carbocycles. The Labute approximate surface area is 98.3 Å². The first kappa shape index (κ1) is 10.8. The lowest BCUT2D eigenvalue weighted by Crippen LogP contribution is -2.14. The minimum atomic E-state index is 0.127. The van der Waals surface area contributed by atoms with E-state index in [1.165, 1.54) is 12.4 Å². The summed E-state index contributed by atoms with van der Waals surface area (Å²) in [4.78, 5) is 7.89. The van der Waals surface area contributed by atoms with E-state index in [-0.39, 0.29) is 5.84 Å². The number of nitriles is 1. The van der Waals surface area contributed by atoms with Crippen molar-refractivity contribution in [2.24, 2.45) is 0 Å². The van der Waals surface area contributed by atoms with Gasteiger partial charge >= 0.3 is 0 Å². The summed E-state index contributed by atoms with van der Waals surface area (Å²) in [5, 5.41) is 19.6. The zero-order valence-corrected chi connectivity index (χ0v) is 8.88. The molecular weight excluding hydrogens is 214 g/mol. The summed E-state index contributed by atoms with van der Waals surface area (Å²) in [7, 11) is 0. The highest BCUT2D eigenvalue weighted by Crippen LogP contribution is 2.09. The quantitative estimate of drug-likeness (QED) is 0.600. The van der Waals surface area contributed by atoms with E-state index >= 15 is 0 Å². The third kappa shape index (κ3) is 2.44. The third-order valence-corrected chi connectivity index (χ3v) is 2.13. The van der Waals surface area contributed by atoms with Crippen LogP contribution in [0.2, 0.25) is 0 Å². The average Bonchev–Trinajstić information content (AvgIpc) is 2.40. The van der Waals surface area contributed by atoms with Crippen molar-refractivity contribution < 1.29 is 0 Å². The maximum absolute atomic E-state index is 8.93. The Morgan fingerprint density at radius 1 is 1.29 bits per heavy atom. The SMILES string of the molecule is N#Cc1ccccc1C(=N)Nc1cnccn1. The molecule has 2 N–H and O–H groups in total. The van der Waals surface area contributed by atoms with Gasteiger partial charge in [-0.2, -0.15) is 5.26 Å². The Kier molecular flexibility index (Phi) is 3.08. The van der Waals surface area contributed by atoms with Crippen LogP contribution in [0.4, 0.5) is 5.82 Å². The van der Waals surface area contributed by atoms with E-state index in [2.05, 4.69) is 15.3 Å². The van der Waals surface area contributed by atoms with Gasteiger partial charge in [-0.15, -0.1) is 0 Å². The topological polar surface area (TPSA) is 85.5 Å². The molecular formula is C12H9N5. The molecule has 1 heterocycles. The van der Waals surface area contributed by atoms with Crippen molar-refractivity contribution in [2.45, 2.75) is 0 Å². The van der Waals surface area contributed by atoms with Crippen molar-refractivity contribution in [3.63, 3.8) is 0 Å². The Morgan fingerprint density at radius 3 is 2.82 bits per heavy atom. The van der Waals surface area contributed by atoms with Crippen LogP contribution in [-0.4, -0.2) is 15.8 Å². The second-order valence-electron chi connectivity index (χ2n) is 3.25. The molecule has 5 nitrogen and oxygen atoms in total. The lowest BCUT2D eigenvalue weighted by atomic mass is 10.1. The number of nitrogens with zero attached hydrogens (tertiary/aromatic N) is 3. The van der Waals surface area contributed by atoms with Gasteiger partial charge in [0.1, 0.15) is 11.7 Å². The van der Waals surface area contributed by atoms with Gasteiger partial charge in [0.05, 0.1) is 17.8 Å². The molecule has 0 aliphatic heterocycles. The summed E-state index contributed by atoms with van der Waals surface area (Å²) >= 11 is 0. The molecule has 1 aromatic heterocycles. The molecule has 0 amide bonds. The van der Waals surface area contributed by atoms with E-state index in [9.17, 15) is 0 Å². The zero-order chi connectivity index (χ0) is 12.1. The normalized spacial score (nSPS) is 9.35. The predicted octanol–water partition coefficient (Wildman–Crippen LogP) is 1.79. The van der Waals surface area contributed by atoms with Crippen molar-refractivity contribution in [1.29, 1.82) is 10.7 Å². The van der Waals surface area contributed by atoms with Gasteiger partial charge in [-0.05, 0) is 12.1 Å². The van der Waals surface area contributed by atoms with Crippen molar-refractivity contribution in [3.8, 4) is 6.07 Å². The largest absolute Gasteiger partial charge is 0.324 e. The lowest BCUT2D eigenvalue weighted by molar-refractivity contribution is 1.20. The molecule has 1 aromatic carbocycles. The monoisotopic (exact) mass is 223 g/mol. The van der Waals surface area contributed by atoms with E-state index in [0.717, 1.165) is 0 Å². The van der Waals surface area contributed by atoms with Crippen LogP contribution in [0.5, 0.6) is 0 Å². The molecule has 0 unspecified atom stereocenters. The Hall–Kier alpha value is -2.74. The van der Waals surface area contributed by atoms with E-state index in [1.54, 1.807) is 30.5 Å². The first-order valence-corrected chi connectivity index (χ1v) is 4.92. The highest BCUT2D eigenvalue weighted by Gasteiger charge is 2.07. The Bertz CT molecular complexity index is 571. The fourth-order valence-corrected chi connectivity index (χ4v) is 1.36. The maximum atomic E-state index is 8.93. The number of benzene rings is 1. The van der Waals surface area contributed by atoms with Crippen LogP contribution in [0.25, 0.3) is 0 Å². The second kappa shape index (κ2) is 4.86. The van der Waals surface area contributed by atoms with Gasteiger partial charge in [0.15, 0.2) is 0 Å². The van der Waals surface area contributed by atoms with Crippen LogP contribution >= 0.6 is 0 Å². The van der Waals surface area contributed by atoms with Gasteiger partial charge < -0.3 is 5.32 Å². The van der Waals surface area contributed by atoms with Crippen molar-refractivity contribution in [1.82, 2.24) is 9.97 Å².